The molecule has 76 valence electrons. The topological polar surface area (TPSA) is 9.23 Å². The molecule has 4 heteroatoms. The molecule has 0 N–H and O–H groups in total. The smallest absolute Gasteiger partial charge is 0.366 e. The summed E-state index contributed by atoms with van der Waals surface area (Å²) in [6, 6.07) is 0. The van der Waals surface area contributed by atoms with Gasteiger partial charge in [-0.1, -0.05) is 13.8 Å². The lowest BCUT2D eigenvalue weighted by Crippen LogP contribution is -2.27. The zero-order valence-corrected chi connectivity index (χ0v) is 8.25. The van der Waals surface area contributed by atoms with Crippen LogP contribution in [0.25, 0.3) is 0 Å². The lowest BCUT2D eigenvalue weighted by molar-refractivity contribution is -0.196. The molecule has 0 aliphatic heterocycles. The fraction of sp³-hybridized carbons (Fsp3) is 1.00. The van der Waals surface area contributed by atoms with Crippen LogP contribution in [0, 0.1) is 0 Å². The van der Waals surface area contributed by atoms with Crippen LogP contribution < -0.4 is 0 Å². The van der Waals surface area contributed by atoms with E-state index in [9.17, 15) is 13.2 Å². The third-order valence-electron chi connectivity index (χ3n) is 0.669. The molecule has 0 heterocycles. The summed E-state index contributed by atoms with van der Waals surface area (Å²) in [6.07, 6.45) is -4.22. The van der Waals surface area contributed by atoms with Crippen molar-refractivity contribution < 1.29 is 17.9 Å². The fourth-order valence-electron chi connectivity index (χ4n) is 0.298. The van der Waals surface area contributed by atoms with Crippen molar-refractivity contribution in [2.24, 2.45) is 0 Å². The Morgan fingerprint density at radius 1 is 1.00 bits per heavy atom. The molecule has 0 saturated carbocycles. The maximum Gasteiger partial charge on any atom is 0.411 e. The molecule has 0 fully saturated rings. The van der Waals surface area contributed by atoms with Crippen LogP contribution in [0.2, 0.25) is 0 Å². The minimum absolute atomic E-state index is 0.713. The Kier molecular flexibility index (Phi) is 6.43. The zero-order valence-electron chi connectivity index (χ0n) is 8.25. The first-order valence-electron chi connectivity index (χ1n) is 3.91. The molecule has 0 bridgehead atoms. The van der Waals surface area contributed by atoms with Crippen LogP contribution in [-0.4, -0.2) is 18.4 Å². The number of rotatable bonds is 1. The first-order chi connectivity index (χ1) is 5.21. The molecule has 0 aliphatic carbocycles. The van der Waals surface area contributed by atoms with Gasteiger partial charge in [0.15, 0.2) is 0 Å². The van der Waals surface area contributed by atoms with Gasteiger partial charge in [0.2, 0.25) is 0 Å². The van der Waals surface area contributed by atoms with Gasteiger partial charge in [0.05, 0.1) is 5.60 Å². The molecule has 12 heavy (non-hydrogen) atoms. The zero-order chi connectivity index (χ0) is 10.4. The van der Waals surface area contributed by atoms with E-state index in [2.05, 4.69) is 4.74 Å². The van der Waals surface area contributed by atoms with Crippen LogP contribution >= 0.6 is 0 Å². The molecule has 0 aromatic rings. The number of hydrogen-bond acceptors (Lipinski definition) is 1. The average Bonchev–Trinajstić information content (AvgIpc) is 1.86. The van der Waals surface area contributed by atoms with Gasteiger partial charge in [-0.25, -0.2) is 0 Å². The third kappa shape index (κ3) is 16.4. The summed E-state index contributed by atoms with van der Waals surface area (Å²) in [5.41, 5.74) is -0.713. The van der Waals surface area contributed by atoms with Crippen LogP contribution in [0.15, 0.2) is 0 Å². The summed E-state index contributed by atoms with van der Waals surface area (Å²) in [4.78, 5) is 0. The third-order valence-corrected chi connectivity index (χ3v) is 0.669. The quantitative estimate of drug-likeness (QED) is 0.610. The predicted molar refractivity (Wildman–Crippen MR) is 43.1 cm³/mol. The van der Waals surface area contributed by atoms with Crippen LogP contribution in [-0.2, 0) is 4.74 Å². The van der Waals surface area contributed by atoms with Crippen molar-refractivity contribution in [2.75, 3.05) is 6.61 Å². The van der Waals surface area contributed by atoms with Crippen molar-refractivity contribution in [1.29, 1.82) is 0 Å². The van der Waals surface area contributed by atoms with E-state index in [1.807, 2.05) is 13.8 Å². The molecule has 0 atom stereocenters. The molecule has 0 unspecified atom stereocenters. The highest BCUT2D eigenvalue weighted by Crippen LogP contribution is 2.18. The molecule has 0 spiro atoms. The van der Waals surface area contributed by atoms with E-state index in [0.29, 0.717) is 0 Å². The van der Waals surface area contributed by atoms with Crippen LogP contribution in [0.1, 0.15) is 34.6 Å². The van der Waals surface area contributed by atoms with Gasteiger partial charge < -0.3 is 4.74 Å². The normalized spacial score (nSPS) is 12.0. The van der Waals surface area contributed by atoms with E-state index in [0.717, 1.165) is 0 Å². The summed E-state index contributed by atoms with van der Waals surface area (Å²) in [5.74, 6) is 0. The van der Waals surface area contributed by atoms with Crippen molar-refractivity contribution in [3.05, 3.63) is 0 Å². The number of ether oxygens (including phenoxy) is 1. The van der Waals surface area contributed by atoms with Gasteiger partial charge in [-0.15, -0.1) is 0 Å². The first-order valence-corrected chi connectivity index (χ1v) is 3.91. The molecule has 0 aliphatic rings. The lowest BCUT2D eigenvalue weighted by atomic mass is 10.2. The second-order valence-electron chi connectivity index (χ2n) is 3.02. The number of halogens is 3. The molecule has 0 amide bonds. The Balaban J connectivity index is 0. The Labute approximate surface area is 71.9 Å². The van der Waals surface area contributed by atoms with Crippen molar-refractivity contribution in [1.82, 2.24) is 0 Å². The average molecular weight is 186 g/mol. The highest BCUT2D eigenvalue weighted by molar-refractivity contribution is 4.60. The van der Waals surface area contributed by atoms with E-state index in [1.54, 1.807) is 20.8 Å². The van der Waals surface area contributed by atoms with Crippen molar-refractivity contribution in [2.45, 2.75) is 46.4 Å². The summed E-state index contributed by atoms with van der Waals surface area (Å²) in [7, 11) is 0. The maximum atomic E-state index is 11.5. The fourth-order valence-corrected chi connectivity index (χ4v) is 0.298. The minimum atomic E-state index is -4.22. The van der Waals surface area contributed by atoms with E-state index < -0.39 is 18.4 Å². The lowest BCUT2D eigenvalue weighted by Gasteiger charge is -2.20. The highest BCUT2D eigenvalue weighted by Gasteiger charge is 2.29. The van der Waals surface area contributed by atoms with Crippen molar-refractivity contribution in [3.8, 4) is 0 Å². The van der Waals surface area contributed by atoms with Crippen LogP contribution in [0.3, 0.4) is 0 Å². The standard InChI is InChI=1S/C6H11F3O.C2H6/c1-5(2,3)10-4-6(7,8)9;1-2/h4H2,1-3H3;1-2H3. The molecule has 0 radical (unpaired) electrons. The molecule has 1 nitrogen and oxygen atoms in total. The molecule has 0 rings (SSSR count). The highest BCUT2D eigenvalue weighted by atomic mass is 19.4. The van der Waals surface area contributed by atoms with Crippen molar-refractivity contribution >= 4 is 0 Å². The second kappa shape index (κ2) is 5.41. The van der Waals surface area contributed by atoms with E-state index in [1.165, 1.54) is 0 Å². The molecular weight excluding hydrogens is 169 g/mol. The van der Waals surface area contributed by atoms with E-state index >= 15 is 0 Å². The Bertz CT molecular complexity index is 87.9. The molecular formula is C8H17F3O. The van der Waals surface area contributed by atoms with Gasteiger partial charge in [0, 0.05) is 0 Å². The van der Waals surface area contributed by atoms with E-state index in [4.69, 9.17) is 0 Å². The Morgan fingerprint density at radius 3 is 1.42 bits per heavy atom. The van der Waals surface area contributed by atoms with Gasteiger partial charge in [-0.3, -0.25) is 0 Å². The van der Waals surface area contributed by atoms with Gasteiger partial charge in [0.25, 0.3) is 0 Å². The molecule has 0 saturated heterocycles. The number of hydrogen-bond donors (Lipinski definition) is 0. The summed E-state index contributed by atoms with van der Waals surface area (Å²) in [6.45, 7) is 7.58. The summed E-state index contributed by atoms with van der Waals surface area (Å²) < 4.78 is 38.9. The maximum absolute atomic E-state index is 11.5. The minimum Gasteiger partial charge on any atom is -0.366 e. The van der Waals surface area contributed by atoms with Gasteiger partial charge >= 0.3 is 6.18 Å². The van der Waals surface area contributed by atoms with Crippen molar-refractivity contribution in [3.63, 3.8) is 0 Å². The predicted octanol–water partition coefficient (Wildman–Crippen LogP) is 3.39. The number of alkyl halides is 3. The summed E-state index contributed by atoms with van der Waals surface area (Å²) >= 11 is 0. The Hall–Kier alpha value is -0.250. The summed E-state index contributed by atoms with van der Waals surface area (Å²) in [5, 5.41) is 0. The van der Waals surface area contributed by atoms with Gasteiger partial charge in [0.1, 0.15) is 6.61 Å². The second-order valence-corrected chi connectivity index (χ2v) is 3.02. The SMILES string of the molecule is CC.CC(C)(C)OCC(F)(F)F. The largest absolute Gasteiger partial charge is 0.411 e. The molecule has 0 aromatic heterocycles. The first kappa shape index (κ1) is 14.3. The van der Waals surface area contributed by atoms with Gasteiger partial charge in [-0.2, -0.15) is 13.2 Å². The van der Waals surface area contributed by atoms with Crippen LogP contribution in [0.5, 0.6) is 0 Å². The Morgan fingerprint density at radius 2 is 1.33 bits per heavy atom. The van der Waals surface area contributed by atoms with E-state index in [-0.39, 0.29) is 0 Å². The van der Waals surface area contributed by atoms with Gasteiger partial charge in [-0.05, 0) is 20.8 Å². The monoisotopic (exact) mass is 186 g/mol. The van der Waals surface area contributed by atoms with Crippen LogP contribution in [0.4, 0.5) is 13.2 Å². The molecule has 0 aromatic carbocycles.